The highest BCUT2D eigenvalue weighted by atomic mass is 32.1. The molecule has 100 valence electrons. The third-order valence-electron chi connectivity index (χ3n) is 2.70. The topological polar surface area (TPSA) is 94.0 Å². The van der Waals surface area contributed by atoms with Crippen LogP contribution < -0.4 is 5.73 Å². The van der Waals surface area contributed by atoms with Crippen LogP contribution in [0.5, 0.6) is 0 Å². The second-order valence-electron chi connectivity index (χ2n) is 4.05. The standard InChI is InChI=1S/C13H10N4O2S/c14-11-6-9(8-4-2-1-3-5-8)16-17(11)13-15-10(7-20-13)12(18)19/h1-7H,14H2,(H,18,19). The Hall–Kier alpha value is -2.67. The second-order valence-corrected chi connectivity index (χ2v) is 4.89. The van der Waals surface area contributed by atoms with Crippen molar-refractivity contribution in [2.75, 3.05) is 5.73 Å². The van der Waals surface area contributed by atoms with E-state index in [1.54, 1.807) is 6.07 Å². The summed E-state index contributed by atoms with van der Waals surface area (Å²) in [6.07, 6.45) is 0. The van der Waals surface area contributed by atoms with E-state index in [0.717, 1.165) is 11.3 Å². The Kier molecular flexibility index (Phi) is 2.96. The highest BCUT2D eigenvalue weighted by Crippen LogP contribution is 2.24. The third kappa shape index (κ3) is 2.14. The maximum atomic E-state index is 10.8. The van der Waals surface area contributed by atoms with E-state index < -0.39 is 5.97 Å². The molecule has 0 aliphatic heterocycles. The van der Waals surface area contributed by atoms with Gasteiger partial charge in [0.05, 0.1) is 5.69 Å². The molecule has 7 heteroatoms. The summed E-state index contributed by atoms with van der Waals surface area (Å²) in [6, 6.07) is 11.3. The van der Waals surface area contributed by atoms with Gasteiger partial charge in [0.15, 0.2) is 5.69 Å². The molecule has 2 heterocycles. The monoisotopic (exact) mass is 286 g/mol. The molecule has 0 atom stereocenters. The number of nitrogen functional groups attached to an aromatic ring is 1. The van der Waals surface area contributed by atoms with Gasteiger partial charge in [-0.15, -0.1) is 11.3 Å². The Labute approximate surface area is 118 Å². The molecule has 6 nitrogen and oxygen atoms in total. The number of hydrogen-bond acceptors (Lipinski definition) is 5. The minimum absolute atomic E-state index is 0.0128. The molecule has 0 amide bonds. The predicted octanol–water partition coefficient (Wildman–Crippen LogP) is 2.28. The normalized spacial score (nSPS) is 10.6. The molecule has 0 radical (unpaired) electrons. The first kappa shape index (κ1) is 12.4. The van der Waals surface area contributed by atoms with Crippen LogP contribution in [0.3, 0.4) is 0 Å². The van der Waals surface area contributed by atoms with Crippen LogP contribution in [0.2, 0.25) is 0 Å². The molecular formula is C13H10N4O2S. The van der Waals surface area contributed by atoms with E-state index in [0.29, 0.717) is 10.9 Å². The van der Waals surface area contributed by atoms with Gasteiger partial charge in [-0.25, -0.2) is 9.78 Å². The van der Waals surface area contributed by atoms with Gasteiger partial charge in [-0.3, -0.25) is 0 Å². The summed E-state index contributed by atoms with van der Waals surface area (Å²) in [5.74, 6) is -0.656. The van der Waals surface area contributed by atoms with Crippen LogP contribution in [-0.4, -0.2) is 25.8 Å². The lowest BCUT2D eigenvalue weighted by atomic mass is 10.2. The van der Waals surface area contributed by atoms with Gasteiger partial charge < -0.3 is 10.8 Å². The summed E-state index contributed by atoms with van der Waals surface area (Å²) in [4.78, 5) is 14.8. The summed E-state index contributed by atoms with van der Waals surface area (Å²) in [6.45, 7) is 0. The van der Waals surface area contributed by atoms with Crippen molar-refractivity contribution in [3.05, 3.63) is 47.5 Å². The van der Waals surface area contributed by atoms with Crippen LogP contribution in [0.1, 0.15) is 10.5 Å². The molecule has 0 aliphatic rings. The smallest absolute Gasteiger partial charge is 0.355 e. The number of nitrogens with two attached hydrogens (primary N) is 1. The number of benzene rings is 1. The summed E-state index contributed by atoms with van der Waals surface area (Å²) in [5, 5.41) is 15.1. The second kappa shape index (κ2) is 4.78. The summed E-state index contributed by atoms with van der Waals surface area (Å²) >= 11 is 1.18. The Balaban J connectivity index is 2.02. The third-order valence-corrected chi connectivity index (χ3v) is 3.51. The molecule has 3 N–H and O–H groups in total. The van der Waals surface area contributed by atoms with E-state index in [9.17, 15) is 4.79 Å². The lowest BCUT2D eigenvalue weighted by Crippen LogP contribution is -2.03. The fourth-order valence-electron chi connectivity index (χ4n) is 1.76. The molecule has 0 aliphatic carbocycles. The van der Waals surface area contributed by atoms with Crippen molar-refractivity contribution >= 4 is 23.1 Å². The number of anilines is 1. The Morgan fingerprint density at radius 1 is 1.30 bits per heavy atom. The van der Waals surface area contributed by atoms with Crippen molar-refractivity contribution in [1.82, 2.24) is 14.8 Å². The number of rotatable bonds is 3. The van der Waals surface area contributed by atoms with Crippen molar-refractivity contribution in [3.63, 3.8) is 0 Å². The fourth-order valence-corrected chi connectivity index (χ4v) is 2.53. The zero-order valence-corrected chi connectivity index (χ0v) is 11.0. The molecular weight excluding hydrogens is 276 g/mol. The lowest BCUT2D eigenvalue weighted by molar-refractivity contribution is 0.0691. The van der Waals surface area contributed by atoms with Crippen LogP contribution in [0.15, 0.2) is 41.8 Å². The van der Waals surface area contributed by atoms with Crippen molar-refractivity contribution in [3.8, 4) is 16.4 Å². The van der Waals surface area contributed by atoms with Crippen LogP contribution in [0.25, 0.3) is 16.4 Å². The molecule has 0 saturated heterocycles. The highest BCUT2D eigenvalue weighted by Gasteiger charge is 2.14. The SMILES string of the molecule is Nc1cc(-c2ccccc2)nn1-c1nc(C(=O)O)cs1. The van der Waals surface area contributed by atoms with Crippen molar-refractivity contribution in [2.45, 2.75) is 0 Å². The molecule has 2 aromatic heterocycles. The highest BCUT2D eigenvalue weighted by molar-refractivity contribution is 7.12. The van der Waals surface area contributed by atoms with Crippen LogP contribution in [0.4, 0.5) is 5.82 Å². The van der Waals surface area contributed by atoms with Crippen LogP contribution >= 0.6 is 11.3 Å². The predicted molar refractivity (Wildman–Crippen MR) is 76.0 cm³/mol. The van der Waals surface area contributed by atoms with Gasteiger partial charge in [0.1, 0.15) is 5.82 Å². The quantitative estimate of drug-likeness (QED) is 0.770. The number of hydrogen-bond donors (Lipinski definition) is 2. The van der Waals surface area contributed by atoms with Gasteiger partial charge in [0, 0.05) is 17.0 Å². The van der Waals surface area contributed by atoms with Crippen molar-refractivity contribution < 1.29 is 9.90 Å². The average molecular weight is 286 g/mol. The molecule has 1 aromatic carbocycles. The van der Waals surface area contributed by atoms with Gasteiger partial charge in [-0.2, -0.15) is 9.78 Å². The average Bonchev–Trinajstić information content (AvgIpc) is 3.06. The lowest BCUT2D eigenvalue weighted by Gasteiger charge is -1.97. The van der Waals surface area contributed by atoms with Crippen molar-refractivity contribution in [2.24, 2.45) is 0 Å². The first-order valence-electron chi connectivity index (χ1n) is 5.75. The minimum atomic E-state index is -1.07. The fraction of sp³-hybridized carbons (Fsp3) is 0. The molecule has 20 heavy (non-hydrogen) atoms. The van der Waals surface area contributed by atoms with E-state index >= 15 is 0 Å². The zero-order valence-electron chi connectivity index (χ0n) is 10.2. The molecule has 0 unspecified atom stereocenters. The Morgan fingerprint density at radius 3 is 2.70 bits per heavy atom. The van der Waals surface area contributed by atoms with Crippen LogP contribution in [-0.2, 0) is 0 Å². The summed E-state index contributed by atoms with van der Waals surface area (Å²) in [7, 11) is 0. The minimum Gasteiger partial charge on any atom is -0.476 e. The molecule has 3 rings (SSSR count). The number of carbonyl (C=O) groups is 1. The number of aromatic nitrogens is 3. The maximum Gasteiger partial charge on any atom is 0.355 e. The van der Waals surface area contributed by atoms with Gasteiger partial charge in [0.25, 0.3) is 0 Å². The maximum absolute atomic E-state index is 10.8. The molecule has 3 aromatic rings. The first-order chi connectivity index (χ1) is 9.65. The molecule has 0 spiro atoms. The number of carboxylic acids is 1. The molecule has 0 fully saturated rings. The number of carboxylic acid groups (broad SMARTS) is 1. The number of aromatic carboxylic acids is 1. The molecule has 0 saturated carbocycles. The van der Waals surface area contributed by atoms with E-state index in [-0.39, 0.29) is 5.69 Å². The summed E-state index contributed by atoms with van der Waals surface area (Å²) < 4.78 is 1.44. The van der Waals surface area contributed by atoms with Gasteiger partial charge in [-0.05, 0) is 0 Å². The Bertz CT molecular complexity index is 764. The van der Waals surface area contributed by atoms with E-state index in [1.807, 2.05) is 30.3 Å². The van der Waals surface area contributed by atoms with Gasteiger partial charge in [-0.1, -0.05) is 30.3 Å². The Morgan fingerprint density at radius 2 is 2.05 bits per heavy atom. The van der Waals surface area contributed by atoms with Crippen LogP contribution in [0, 0.1) is 0 Å². The van der Waals surface area contributed by atoms with E-state index in [2.05, 4.69) is 10.1 Å². The number of nitrogens with zero attached hydrogens (tertiary/aromatic N) is 3. The largest absolute Gasteiger partial charge is 0.476 e. The van der Waals surface area contributed by atoms with Gasteiger partial charge in [0.2, 0.25) is 5.13 Å². The summed E-state index contributed by atoms with van der Waals surface area (Å²) in [5.41, 5.74) is 7.56. The van der Waals surface area contributed by atoms with Crippen molar-refractivity contribution in [1.29, 1.82) is 0 Å². The zero-order chi connectivity index (χ0) is 14.1. The molecule has 0 bridgehead atoms. The van der Waals surface area contributed by atoms with E-state index in [1.165, 1.54) is 21.4 Å². The number of thiazole rings is 1. The van der Waals surface area contributed by atoms with Gasteiger partial charge >= 0.3 is 5.97 Å². The first-order valence-corrected chi connectivity index (χ1v) is 6.63. The van der Waals surface area contributed by atoms with E-state index in [4.69, 9.17) is 10.8 Å².